The molecule has 2 rings (SSSR count). The first-order valence-electron chi connectivity index (χ1n) is 5.05. The van der Waals surface area contributed by atoms with E-state index in [0.717, 1.165) is 16.8 Å². The summed E-state index contributed by atoms with van der Waals surface area (Å²) < 4.78 is 0. The van der Waals surface area contributed by atoms with Gasteiger partial charge in [0.05, 0.1) is 6.61 Å². The van der Waals surface area contributed by atoms with Crippen LogP contribution in [0, 0.1) is 6.92 Å². The SMILES string of the molecule is CCOO.Cc1cc2ccc(N)cc2cn1.[HH]. The fourth-order valence-electron chi connectivity index (χ4n) is 1.27. The lowest BCUT2D eigenvalue weighted by Crippen LogP contribution is -1.85. The predicted octanol–water partition coefficient (Wildman–Crippen LogP) is 2.87. The maximum Gasteiger partial charge on any atom is 0.0791 e. The van der Waals surface area contributed by atoms with Gasteiger partial charge in [0.1, 0.15) is 0 Å². The molecular formula is C12H18N2O2. The molecule has 0 amide bonds. The Bertz CT molecular complexity index is 420. The fourth-order valence-corrected chi connectivity index (χ4v) is 1.27. The van der Waals surface area contributed by atoms with Crippen LogP contribution in [0.15, 0.2) is 30.5 Å². The standard InChI is InChI=1S/C10H10N2.C2H6O2.H2/c1-7-4-8-2-3-10(11)5-9(8)6-12-7;1-2-4-3;/h2-6H,11H2,1H3;3H,2H2,1H3;1H. The summed E-state index contributed by atoms with van der Waals surface area (Å²) in [5.41, 5.74) is 7.45. The quantitative estimate of drug-likeness (QED) is 0.442. The first kappa shape index (κ1) is 12.4. The van der Waals surface area contributed by atoms with Gasteiger partial charge >= 0.3 is 0 Å². The van der Waals surface area contributed by atoms with Crippen molar-refractivity contribution in [3.05, 3.63) is 36.2 Å². The molecule has 4 nitrogen and oxygen atoms in total. The van der Waals surface area contributed by atoms with Crippen molar-refractivity contribution in [2.24, 2.45) is 0 Å². The van der Waals surface area contributed by atoms with Gasteiger partial charge in [-0.3, -0.25) is 10.2 Å². The van der Waals surface area contributed by atoms with Crippen molar-refractivity contribution in [1.82, 2.24) is 4.98 Å². The number of hydrogen-bond donors (Lipinski definition) is 2. The Morgan fingerprint density at radius 3 is 2.69 bits per heavy atom. The zero-order valence-corrected chi connectivity index (χ0v) is 9.47. The summed E-state index contributed by atoms with van der Waals surface area (Å²) in [7, 11) is 0. The van der Waals surface area contributed by atoms with E-state index in [1.54, 1.807) is 6.92 Å². The molecule has 0 radical (unpaired) electrons. The lowest BCUT2D eigenvalue weighted by atomic mass is 10.1. The molecule has 1 aromatic heterocycles. The van der Waals surface area contributed by atoms with Crippen LogP contribution >= 0.6 is 0 Å². The number of anilines is 1. The van der Waals surface area contributed by atoms with Gasteiger partial charge in [0, 0.05) is 24.4 Å². The van der Waals surface area contributed by atoms with Crippen molar-refractivity contribution in [3.63, 3.8) is 0 Å². The second kappa shape index (κ2) is 6.05. The van der Waals surface area contributed by atoms with E-state index in [4.69, 9.17) is 11.0 Å². The second-order valence-electron chi connectivity index (χ2n) is 3.35. The van der Waals surface area contributed by atoms with Gasteiger partial charge in [0.15, 0.2) is 0 Å². The van der Waals surface area contributed by atoms with Gasteiger partial charge in [-0.1, -0.05) is 6.07 Å². The third kappa shape index (κ3) is 3.49. The number of benzene rings is 1. The monoisotopic (exact) mass is 222 g/mol. The molecule has 16 heavy (non-hydrogen) atoms. The molecule has 0 aliphatic heterocycles. The Kier molecular flexibility index (Phi) is 4.69. The molecule has 0 saturated heterocycles. The molecule has 2 aromatic rings. The number of aryl methyl sites for hydroxylation is 1. The van der Waals surface area contributed by atoms with Crippen LogP contribution in [0.1, 0.15) is 14.0 Å². The number of pyridine rings is 1. The van der Waals surface area contributed by atoms with Gasteiger partial charge in [0.25, 0.3) is 0 Å². The lowest BCUT2D eigenvalue weighted by Gasteiger charge is -1.99. The highest BCUT2D eigenvalue weighted by Crippen LogP contribution is 2.16. The molecule has 3 N–H and O–H groups in total. The first-order chi connectivity index (χ1) is 7.67. The van der Waals surface area contributed by atoms with Crippen LogP contribution in [-0.2, 0) is 4.89 Å². The second-order valence-corrected chi connectivity index (χ2v) is 3.35. The van der Waals surface area contributed by atoms with Gasteiger partial charge < -0.3 is 5.73 Å². The lowest BCUT2D eigenvalue weighted by molar-refractivity contribution is -0.237. The summed E-state index contributed by atoms with van der Waals surface area (Å²) in [4.78, 5) is 7.73. The largest absolute Gasteiger partial charge is 0.399 e. The molecule has 0 atom stereocenters. The average Bonchev–Trinajstić information content (AvgIpc) is 2.30. The highest BCUT2D eigenvalue weighted by molar-refractivity contribution is 5.84. The highest BCUT2D eigenvalue weighted by Gasteiger charge is 1.94. The Morgan fingerprint density at radius 1 is 1.38 bits per heavy atom. The van der Waals surface area contributed by atoms with Gasteiger partial charge in [-0.15, -0.1) is 0 Å². The number of nitrogens with two attached hydrogens (primary N) is 1. The van der Waals surface area contributed by atoms with Gasteiger partial charge in [-0.2, -0.15) is 0 Å². The fraction of sp³-hybridized carbons (Fsp3) is 0.250. The van der Waals surface area contributed by atoms with Crippen LogP contribution < -0.4 is 5.73 Å². The summed E-state index contributed by atoms with van der Waals surface area (Å²) >= 11 is 0. The molecule has 0 spiro atoms. The van der Waals surface area contributed by atoms with Crippen molar-refractivity contribution in [2.45, 2.75) is 13.8 Å². The van der Waals surface area contributed by atoms with Crippen molar-refractivity contribution in [3.8, 4) is 0 Å². The van der Waals surface area contributed by atoms with Gasteiger partial charge in [-0.05, 0) is 37.4 Å². The molecule has 4 heteroatoms. The van der Waals surface area contributed by atoms with E-state index >= 15 is 0 Å². The van der Waals surface area contributed by atoms with E-state index in [1.807, 2.05) is 31.3 Å². The summed E-state index contributed by atoms with van der Waals surface area (Å²) in [6.07, 6.45) is 1.85. The summed E-state index contributed by atoms with van der Waals surface area (Å²) in [6.45, 7) is 4.07. The zero-order chi connectivity index (χ0) is 12.0. The van der Waals surface area contributed by atoms with Crippen LogP contribution in [0.2, 0.25) is 0 Å². The summed E-state index contributed by atoms with van der Waals surface area (Å²) in [6, 6.07) is 7.90. The molecule has 0 aliphatic carbocycles. The maximum atomic E-state index is 7.38. The van der Waals surface area contributed by atoms with Crippen molar-refractivity contribution >= 4 is 16.5 Å². The Hall–Kier alpha value is -1.65. The van der Waals surface area contributed by atoms with Crippen LogP contribution in [0.4, 0.5) is 5.69 Å². The number of rotatable bonds is 1. The average molecular weight is 222 g/mol. The predicted molar refractivity (Wildman–Crippen MR) is 67.3 cm³/mol. The minimum Gasteiger partial charge on any atom is -0.399 e. The van der Waals surface area contributed by atoms with Crippen LogP contribution in [0.5, 0.6) is 0 Å². The zero-order valence-electron chi connectivity index (χ0n) is 9.47. The van der Waals surface area contributed by atoms with Gasteiger partial charge in [-0.25, -0.2) is 4.89 Å². The molecule has 0 fully saturated rings. The molecular weight excluding hydrogens is 204 g/mol. The maximum absolute atomic E-state index is 7.38. The van der Waals surface area contributed by atoms with E-state index in [9.17, 15) is 0 Å². The van der Waals surface area contributed by atoms with Crippen LogP contribution in [-0.4, -0.2) is 16.8 Å². The topological polar surface area (TPSA) is 68.4 Å². The molecule has 0 saturated carbocycles. The van der Waals surface area contributed by atoms with Crippen molar-refractivity contribution in [2.75, 3.05) is 12.3 Å². The molecule has 1 aromatic carbocycles. The van der Waals surface area contributed by atoms with E-state index in [1.165, 1.54) is 5.39 Å². The summed E-state index contributed by atoms with van der Waals surface area (Å²) in [5, 5.41) is 9.66. The molecule has 88 valence electrons. The number of fused-ring (bicyclic) bond motifs is 1. The Morgan fingerprint density at radius 2 is 2.06 bits per heavy atom. The minimum absolute atomic E-state index is 0. The number of nitrogen functional groups attached to an aromatic ring is 1. The summed E-state index contributed by atoms with van der Waals surface area (Å²) in [5.74, 6) is 0. The Labute approximate surface area is 96.1 Å². The van der Waals surface area contributed by atoms with Crippen LogP contribution in [0.3, 0.4) is 0 Å². The van der Waals surface area contributed by atoms with E-state index < -0.39 is 0 Å². The molecule has 0 unspecified atom stereocenters. The smallest absolute Gasteiger partial charge is 0.0791 e. The first-order valence-corrected chi connectivity index (χ1v) is 5.05. The highest BCUT2D eigenvalue weighted by atomic mass is 17.1. The molecule has 0 bridgehead atoms. The third-order valence-corrected chi connectivity index (χ3v) is 2.01. The van der Waals surface area contributed by atoms with E-state index in [-0.39, 0.29) is 1.43 Å². The molecule has 1 heterocycles. The Balaban J connectivity index is 0.000000453. The van der Waals surface area contributed by atoms with Crippen LogP contribution in [0.25, 0.3) is 10.8 Å². The minimum atomic E-state index is 0. The molecule has 0 aliphatic rings. The third-order valence-electron chi connectivity index (χ3n) is 2.01. The number of aromatic nitrogens is 1. The number of nitrogens with zero attached hydrogens (tertiary/aromatic N) is 1. The van der Waals surface area contributed by atoms with Crippen molar-refractivity contribution in [1.29, 1.82) is 0 Å². The normalized spacial score (nSPS) is 9.69. The van der Waals surface area contributed by atoms with E-state index in [2.05, 4.69) is 15.9 Å². The number of hydrogen-bond acceptors (Lipinski definition) is 4. The van der Waals surface area contributed by atoms with E-state index in [0.29, 0.717) is 6.61 Å². The van der Waals surface area contributed by atoms with Gasteiger partial charge in [0.2, 0.25) is 0 Å². The van der Waals surface area contributed by atoms with Crippen molar-refractivity contribution < 1.29 is 11.6 Å².